The Kier molecular flexibility index (Phi) is 7.85. The third-order valence-corrected chi connectivity index (χ3v) is 5.63. The highest BCUT2D eigenvalue weighted by molar-refractivity contribution is 9.11. The fraction of sp³-hybridized carbons (Fsp3) is 0.333. The average molecular weight is 529 g/mol. The van der Waals surface area contributed by atoms with Gasteiger partial charge in [-0.25, -0.2) is 4.79 Å². The van der Waals surface area contributed by atoms with Crippen molar-refractivity contribution in [2.75, 3.05) is 11.9 Å². The summed E-state index contributed by atoms with van der Waals surface area (Å²) in [7, 11) is 0. The van der Waals surface area contributed by atoms with E-state index in [1.165, 1.54) is 6.92 Å². The maximum Gasteiger partial charge on any atom is 0.412 e. The van der Waals surface area contributed by atoms with Gasteiger partial charge >= 0.3 is 6.09 Å². The second-order valence-corrected chi connectivity index (χ2v) is 9.10. The Bertz CT molecular complexity index is 897. The van der Waals surface area contributed by atoms with Gasteiger partial charge in [-0.2, -0.15) is 0 Å². The van der Waals surface area contributed by atoms with Crippen molar-refractivity contribution in [3.63, 3.8) is 0 Å². The van der Waals surface area contributed by atoms with E-state index in [4.69, 9.17) is 4.74 Å². The summed E-state index contributed by atoms with van der Waals surface area (Å²) in [5.74, 6) is -0.108. The number of nitrogens with one attached hydrogen (secondary N) is 1. The van der Waals surface area contributed by atoms with Crippen molar-refractivity contribution in [2.24, 2.45) is 5.41 Å². The van der Waals surface area contributed by atoms with Gasteiger partial charge in [0.15, 0.2) is 5.78 Å². The van der Waals surface area contributed by atoms with Crippen LogP contribution in [0.3, 0.4) is 0 Å². The molecule has 29 heavy (non-hydrogen) atoms. The van der Waals surface area contributed by atoms with Gasteiger partial charge < -0.3 is 14.9 Å². The normalized spacial score (nSPS) is 12.3. The fourth-order valence-corrected chi connectivity index (χ4v) is 4.15. The molecule has 0 saturated heterocycles. The number of amides is 1. The van der Waals surface area contributed by atoms with Crippen LogP contribution < -0.4 is 5.32 Å². The SMILES string of the molecule is CC(=O)c1ccc(NC(=O)O[C@@H](c2cc(Br)cc(Br)c2O)C(C)(C)CCO)cc1. The Labute approximate surface area is 186 Å². The molecule has 0 fully saturated rings. The Hall–Kier alpha value is -1.90. The molecule has 0 aliphatic carbocycles. The number of carbonyl (C=O) groups is 2. The lowest BCUT2D eigenvalue weighted by Crippen LogP contribution is -2.30. The molecule has 2 rings (SSSR count). The third-order valence-electron chi connectivity index (χ3n) is 4.57. The summed E-state index contributed by atoms with van der Waals surface area (Å²) in [6.07, 6.45) is -1.20. The summed E-state index contributed by atoms with van der Waals surface area (Å²) in [4.78, 5) is 24.0. The topological polar surface area (TPSA) is 95.9 Å². The molecular formula is C21H23Br2NO5. The van der Waals surface area contributed by atoms with Gasteiger partial charge in [-0.1, -0.05) is 29.8 Å². The van der Waals surface area contributed by atoms with E-state index in [-0.39, 0.29) is 18.1 Å². The zero-order valence-electron chi connectivity index (χ0n) is 16.3. The van der Waals surface area contributed by atoms with E-state index in [1.807, 2.05) is 13.8 Å². The van der Waals surface area contributed by atoms with Crippen molar-refractivity contribution in [3.05, 3.63) is 56.5 Å². The molecular weight excluding hydrogens is 506 g/mol. The molecule has 0 saturated carbocycles. The molecule has 0 radical (unpaired) electrons. The molecule has 1 atom stereocenters. The number of benzene rings is 2. The number of carbonyl (C=O) groups excluding carboxylic acids is 2. The van der Waals surface area contributed by atoms with E-state index in [2.05, 4.69) is 37.2 Å². The maximum atomic E-state index is 12.6. The Balaban J connectivity index is 2.30. The number of halogens is 2. The molecule has 1 amide bonds. The number of Topliss-reactive ketones (excluding diaryl/α,β-unsaturated/α-hetero) is 1. The second kappa shape index (κ2) is 9.73. The van der Waals surface area contributed by atoms with Crippen LogP contribution in [0, 0.1) is 5.41 Å². The predicted octanol–water partition coefficient (Wildman–Crippen LogP) is 5.82. The van der Waals surface area contributed by atoms with Gasteiger partial charge in [-0.15, -0.1) is 0 Å². The maximum absolute atomic E-state index is 12.6. The fourth-order valence-electron chi connectivity index (χ4n) is 2.89. The van der Waals surface area contributed by atoms with Gasteiger partial charge in [0.05, 0.1) is 4.47 Å². The number of ketones is 1. The van der Waals surface area contributed by atoms with Gasteiger partial charge in [-0.05, 0) is 65.7 Å². The number of hydrogen-bond acceptors (Lipinski definition) is 5. The molecule has 156 valence electrons. The Morgan fingerprint density at radius 2 is 1.79 bits per heavy atom. The highest BCUT2D eigenvalue weighted by atomic mass is 79.9. The van der Waals surface area contributed by atoms with Crippen LogP contribution in [0.2, 0.25) is 0 Å². The van der Waals surface area contributed by atoms with Gasteiger partial charge in [-0.3, -0.25) is 10.1 Å². The van der Waals surface area contributed by atoms with Gasteiger partial charge in [0, 0.05) is 33.3 Å². The minimum Gasteiger partial charge on any atom is -0.506 e. The molecule has 0 heterocycles. The average Bonchev–Trinajstić information content (AvgIpc) is 2.63. The molecule has 0 aliphatic rings. The van der Waals surface area contributed by atoms with Crippen LogP contribution >= 0.6 is 31.9 Å². The van der Waals surface area contributed by atoms with Gasteiger partial charge in [0.2, 0.25) is 0 Å². The molecule has 0 unspecified atom stereocenters. The van der Waals surface area contributed by atoms with Crippen LogP contribution in [0.4, 0.5) is 10.5 Å². The largest absolute Gasteiger partial charge is 0.506 e. The Morgan fingerprint density at radius 1 is 1.17 bits per heavy atom. The molecule has 3 N–H and O–H groups in total. The zero-order valence-corrected chi connectivity index (χ0v) is 19.5. The highest BCUT2D eigenvalue weighted by Gasteiger charge is 2.36. The lowest BCUT2D eigenvalue weighted by atomic mass is 9.79. The van der Waals surface area contributed by atoms with Crippen molar-refractivity contribution in [1.82, 2.24) is 0 Å². The van der Waals surface area contributed by atoms with Crippen LogP contribution in [0.1, 0.15) is 49.2 Å². The van der Waals surface area contributed by atoms with Crippen LogP contribution in [-0.2, 0) is 4.74 Å². The quantitative estimate of drug-likeness (QED) is 0.393. The summed E-state index contributed by atoms with van der Waals surface area (Å²) in [6.45, 7) is 5.05. The van der Waals surface area contributed by atoms with Crippen molar-refractivity contribution in [3.8, 4) is 5.75 Å². The first-order valence-corrected chi connectivity index (χ1v) is 10.5. The first kappa shape index (κ1) is 23.4. The van der Waals surface area contributed by atoms with E-state index in [0.717, 1.165) is 0 Å². The number of phenols is 1. The summed E-state index contributed by atoms with van der Waals surface area (Å²) in [5, 5.41) is 22.6. The van der Waals surface area contributed by atoms with E-state index >= 15 is 0 Å². The van der Waals surface area contributed by atoms with E-state index in [9.17, 15) is 19.8 Å². The second-order valence-electron chi connectivity index (χ2n) is 7.33. The number of aliphatic hydroxyl groups is 1. The molecule has 0 bridgehead atoms. The highest BCUT2D eigenvalue weighted by Crippen LogP contribution is 2.45. The van der Waals surface area contributed by atoms with Crippen molar-refractivity contribution in [1.29, 1.82) is 0 Å². The van der Waals surface area contributed by atoms with Gasteiger partial charge in [0.1, 0.15) is 11.9 Å². The van der Waals surface area contributed by atoms with Crippen LogP contribution in [0.5, 0.6) is 5.75 Å². The van der Waals surface area contributed by atoms with Gasteiger partial charge in [0.25, 0.3) is 0 Å². The lowest BCUT2D eigenvalue weighted by Gasteiger charge is -2.34. The van der Waals surface area contributed by atoms with E-state index < -0.39 is 17.6 Å². The van der Waals surface area contributed by atoms with Crippen molar-refractivity contribution >= 4 is 49.4 Å². The number of rotatable bonds is 7. The minimum absolute atomic E-state index is 0.0391. The Morgan fingerprint density at radius 3 is 2.34 bits per heavy atom. The molecule has 0 spiro atoms. The zero-order chi connectivity index (χ0) is 21.8. The number of hydrogen-bond donors (Lipinski definition) is 3. The number of aromatic hydroxyl groups is 1. The lowest BCUT2D eigenvalue weighted by molar-refractivity contribution is 0.0138. The standard InChI is InChI=1S/C21H23Br2NO5/c1-12(26)13-4-6-15(7-5-13)24-20(28)29-19(21(2,3)8-9-25)16-10-14(22)11-17(23)18(16)27/h4-7,10-11,19,25,27H,8-9H2,1-3H3,(H,24,28)/t19-/m0/s1. The molecule has 8 heteroatoms. The first-order valence-electron chi connectivity index (χ1n) is 8.92. The third kappa shape index (κ3) is 6.04. The van der Waals surface area contributed by atoms with E-state index in [1.54, 1.807) is 36.4 Å². The molecule has 0 aromatic heterocycles. The molecule has 2 aromatic carbocycles. The first-order chi connectivity index (χ1) is 13.5. The number of anilines is 1. The molecule has 2 aromatic rings. The predicted molar refractivity (Wildman–Crippen MR) is 118 cm³/mol. The summed E-state index contributed by atoms with van der Waals surface area (Å²) in [6, 6.07) is 9.81. The number of aliphatic hydroxyl groups excluding tert-OH is 1. The summed E-state index contributed by atoms with van der Waals surface area (Å²) >= 11 is 6.68. The van der Waals surface area contributed by atoms with Crippen LogP contribution in [0.15, 0.2) is 45.3 Å². The number of phenolic OH excluding ortho intramolecular Hbond substituents is 1. The van der Waals surface area contributed by atoms with Crippen molar-refractivity contribution in [2.45, 2.75) is 33.3 Å². The minimum atomic E-state index is -0.833. The van der Waals surface area contributed by atoms with E-state index in [0.29, 0.717) is 32.2 Å². The summed E-state index contributed by atoms with van der Waals surface area (Å²) in [5.41, 5.74) is 0.752. The monoisotopic (exact) mass is 527 g/mol. The smallest absolute Gasteiger partial charge is 0.412 e. The molecule has 6 nitrogen and oxygen atoms in total. The van der Waals surface area contributed by atoms with Crippen LogP contribution in [0.25, 0.3) is 0 Å². The molecule has 0 aliphatic heterocycles. The summed E-state index contributed by atoms with van der Waals surface area (Å²) < 4.78 is 6.85. The van der Waals surface area contributed by atoms with Crippen LogP contribution in [-0.4, -0.2) is 28.7 Å². The van der Waals surface area contributed by atoms with Crippen molar-refractivity contribution < 1.29 is 24.5 Å². The number of ether oxygens (including phenoxy) is 1.